The number of nitrogens with one attached hydrogen (secondary N) is 1. The SMILES string of the molecule is CC(=O)NCc1ccc(C(=O)CSc2cccc[n+]2[O-])s1. The summed E-state index contributed by atoms with van der Waals surface area (Å²) in [6.07, 6.45) is 1.41. The van der Waals surface area contributed by atoms with Crippen LogP contribution in [-0.4, -0.2) is 17.4 Å². The van der Waals surface area contributed by atoms with Gasteiger partial charge in [0, 0.05) is 23.9 Å². The second-order valence-electron chi connectivity index (χ2n) is 4.25. The molecule has 0 bridgehead atoms. The molecule has 2 rings (SSSR count). The van der Waals surface area contributed by atoms with Gasteiger partial charge in [0.25, 0.3) is 5.03 Å². The van der Waals surface area contributed by atoms with E-state index in [1.165, 1.54) is 36.2 Å². The number of aromatic nitrogens is 1. The van der Waals surface area contributed by atoms with E-state index in [1.54, 1.807) is 24.3 Å². The molecule has 0 aliphatic carbocycles. The molecule has 2 aromatic heterocycles. The van der Waals surface area contributed by atoms with Crippen LogP contribution in [-0.2, 0) is 11.3 Å². The largest absolute Gasteiger partial charge is 0.618 e. The third-order valence-electron chi connectivity index (χ3n) is 2.59. The Bertz CT molecular complexity index is 655. The minimum Gasteiger partial charge on any atom is -0.618 e. The third kappa shape index (κ3) is 4.57. The van der Waals surface area contributed by atoms with E-state index < -0.39 is 0 Å². The van der Waals surface area contributed by atoms with Crippen molar-refractivity contribution in [2.75, 3.05) is 5.75 Å². The fraction of sp³-hybridized carbons (Fsp3) is 0.214. The number of Topliss-reactive ketones (excluding diaryl/α,β-unsaturated/α-hetero) is 1. The van der Waals surface area contributed by atoms with E-state index >= 15 is 0 Å². The highest BCUT2D eigenvalue weighted by Gasteiger charge is 2.13. The fourth-order valence-corrected chi connectivity index (χ4v) is 3.34. The Morgan fingerprint density at radius 2 is 2.14 bits per heavy atom. The zero-order valence-corrected chi connectivity index (χ0v) is 13.0. The molecule has 5 nitrogen and oxygen atoms in total. The highest BCUT2D eigenvalue weighted by atomic mass is 32.2. The van der Waals surface area contributed by atoms with Crippen LogP contribution in [0.15, 0.2) is 41.6 Å². The van der Waals surface area contributed by atoms with E-state index in [4.69, 9.17) is 0 Å². The molecule has 1 N–H and O–H groups in total. The van der Waals surface area contributed by atoms with E-state index in [0.717, 1.165) is 9.61 Å². The van der Waals surface area contributed by atoms with Crippen molar-refractivity contribution >= 4 is 34.8 Å². The van der Waals surface area contributed by atoms with Crippen LogP contribution >= 0.6 is 23.1 Å². The maximum atomic E-state index is 12.1. The first kappa shape index (κ1) is 15.5. The van der Waals surface area contributed by atoms with Gasteiger partial charge in [-0.1, -0.05) is 0 Å². The summed E-state index contributed by atoms with van der Waals surface area (Å²) in [7, 11) is 0. The summed E-state index contributed by atoms with van der Waals surface area (Å²) in [4.78, 5) is 24.5. The van der Waals surface area contributed by atoms with Crippen molar-refractivity contribution in [1.82, 2.24) is 5.32 Å². The summed E-state index contributed by atoms with van der Waals surface area (Å²) >= 11 is 2.58. The van der Waals surface area contributed by atoms with Crippen LogP contribution in [0.5, 0.6) is 0 Å². The van der Waals surface area contributed by atoms with E-state index in [1.807, 2.05) is 6.07 Å². The number of hydrogen-bond donors (Lipinski definition) is 1. The van der Waals surface area contributed by atoms with Crippen LogP contribution in [0.4, 0.5) is 0 Å². The highest BCUT2D eigenvalue weighted by molar-refractivity contribution is 7.99. The van der Waals surface area contributed by atoms with Crippen molar-refractivity contribution in [3.8, 4) is 0 Å². The molecule has 2 aromatic rings. The predicted molar refractivity (Wildman–Crippen MR) is 82.3 cm³/mol. The Balaban J connectivity index is 1.92. The van der Waals surface area contributed by atoms with Gasteiger partial charge in [-0.25, -0.2) is 0 Å². The molecule has 0 saturated heterocycles. The lowest BCUT2D eigenvalue weighted by molar-refractivity contribution is -0.645. The average molecular weight is 322 g/mol. The quantitative estimate of drug-likeness (QED) is 0.382. The summed E-state index contributed by atoms with van der Waals surface area (Å²) < 4.78 is 0.745. The Morgan fingerprint density at radius 3 is 2.86 bits per heavy atom. The molecule has 0 aromatic carbocycles. The molecule has 2 heterocycles. The number of carbonyl (C=O) groups is 2. The van der Waals surface area contributed by atoms with Crippen molar-refractivity contribution < 1.29 is 14.3 Å². The van der Waals surface area contributed by atoms with Gasteiger partial charge in [0.15, 0.2) is 12.0 Å². The molecule has 21 heavy (non-hydrogen) atoms. The molecule has 1 amide bonds. The molecule has 0 aliphatic rings. The molecule has 110 valence electrons. The van der Waals surface area contributed by atoms with Gasteiger partial charge in [-0.2, -0.15) is 4.73 Å². The summed E-state index contributed by atoms with van der Waals surface area (Å²) in [6, 6.07) is 8.67. The van der Waals surface area contributed by atoms with Crippen LogP contribution in [0.1, 0.15) is 21.5 Å². The second-order valence-corrected chi connectivity index (χ2v) is 6.42. The smallest absolute Gasteiger partial charge is 0.251 e. The number of thiophene rings is 1. The topological polar surface area (TPSA) is 73.1 Å². The zero-order valence-electron chi connectivity index (χ0n) is 11.4. The zero-order chi connectivity index (χ0) is 15.2. The summed E-state index contributed by atoms with van der Waals surface area (Å²) in [6.45, 7) is 1.88. The number of pyridine rings is 1. The minimum absolute atomic E-state index is 0.0251. The summed E-state index contributed by atoms with van der Waals surface area (Å²) in [5.41, 5.74) is 0. The fourth-order valence-electron chi connectivity index (χ4n) is 1.57. The minimum atomic E-state index is -0.101. The van der Waals surface area contributed by atoms with Crippen LogP contribution in [0.25, 0.3) is 0 Å². The van der Waals surface area contributed by atoms with Gasteiger partial charge in [-0.15, -0.1) is 11.3 Å². The molecule has 7 heteroatoms. The van der Waals surface area contributed by atoms with Gasteiger partial charge >= 0.3 is 0 Å². The average Bonchev–Trinajstić information content (AvgIpc) is 2.93. The molecule has 0 spiro atoms. The number of thioether (sulfide) groups is 1. The Morgan fingerprint density at radius 1 is 1.33 bits per heavy atom. The Labute approximate surface area is 130 Å². The normalized spacial score (nSPS) is 10.3. The van der Waals surface area contributed by atoms with Crippen LogP contribution in [0.2, 0.25) is 0 Å². The second kappa shape index (κ2) is 7.24. The van der Waals surface area contributed by atoms with E-state index in [2.05, 4.69) is 5.32 Å². The molecule has 0 fully saturated rings. The van der Waals surface area contributed by atoms with Gasteiger partial charge in [-0.3, -0.25) is 9.59 Å². The van der Waals surface area contributed by atoms with Gasteiger partial charge in [-0.05, 0) is 30.0 Å². The van der Waals surface area contributed by atoms with E-state index in [0.29, 0.717) is 16.4 Å². The molecule has 0 aliphatic heterocycles. The predicted octanol–water partition coefficient (Wildman–Crippen LogP) is 1.99. The molecule has 0 unspecified atom stereocenters. The van der Waals surface area contributed by atoms with Crippen LogP contribution in [0, 0.1) is 5.21 Å². The van der Waals surface area contributed by atoms with Gasteiger partial charge in [0.05, 0.1) is 17.2 Å². The highest BCUT2D eigenvalue weighted by Crippen LogP contribution is 2.20. The lowest BCUT2D eigenvalue weighted by Crippen LogP contribution is -2.28. The van der Waals surface area contributed by atoms with Crippen LogP contribution in [0.3, 0.4) is 0 Å². The van der Waals surface area contributed by atoms with Crippen molar-refractivity contribution in [3.05, 3.63) is 51.5 Å². The van der Waals surface area contributed by atoms with E-state index in [-0.39, 0.29) is 17.4 Å². The number of nitrogens with zero attached hydrogens (tertiary/aromatic N) is 1. The third-order valence-corrected chi connectivity index (χ3v) is 4.73. The number of hydrogen-bond acceptors (Lipinski definition) is 5. The molecule has 0 radical (unpaired) electrons. The van der Waals surface area contributed by atoms with Crippen molar-refractivity contribution in [3.63, 3.8) is 0 Å². The number of amides is 1. The lowest BCUT2D eigenvalue weighted by atomic mass is 10.3. The van der Waals surface area contributed by atoms with Crippen molar-refractivity contribution in [2.45, 2.75) is 18.5 Å². The summed E-state index contributed by atoms with van der Waals surface area (Å²) in [5.74, 6) is 0.0886. The molecular weight excluding hydrogens is 308 g/mol. The Hall–Kier alpha value is -1.86. The van der Waals surface area contributed by atoms with Crippen LogP contribution < -0.4 is 10.0 Å². The summed E-state index contributed by atoms with van der Waals surface area (Å²) in [5, 5.41) is 14.7. The van der Waals surface area contributed by atoms with Crippen molar-refractivity contribution in [2.24, 2.45) is 0 Å². The molecule has 0 atom stereocenters. The maximum Gasteiger partial charge on any atom is 0.251 e. The van der Waals surface area contributed by atoms with Crippen molar-refractivity contribution in [1.29, 1.82) is 0 Å². The first-order valence-electron chi connectivity index (χ1n) is 6.23. The van der Waals surface area contributed by atoms with Gasteiger partial charge in [0.1, 0.15) is 0 Å². The first-order chi connectivity index (χ1) is 10.1. The van der Waals surface area contributed by atoms with Gasteiger partial charge in [0.2, 0.25) is 5.91 Å². The number of carbonyl (C=O) groups excluding carboxylic acids is 2. The number of ketones is 1. The van der Waals surface area contributed by atoms with Gasteiger partial charge < -0.3 is 10.5 Å². The number of rotatable bonds is 6. The standard InChI is InChI=1S/C14H14N2O3S2/c1-10(17)15-8-11-5-6-13(21-11)12(18)9-20-14-4-2-3-7-16(14)19/h2-7H,8-9H2,1H3,(H,15,17). The van der Waals surface area contributed by atoms with E-state index in [9.17, 15) is 14.8 Å². The Kier molecular flexibility index (Phi) is 5.35. The maximum absolute atomic E-state index is 12.1. The lowest BCUT2D eigenvalue weighted by Gasteiger charge is -2.02. The molecule has 0 saturated carbocycles. The monoisotopic (exact) mass is 322 g/mol. The first-order valence-corrected chi connectivity index (χ1v) is 8.04. The molecular formula is C14H14N2O3S2.